The molecule has 0 saturated carbocycles. The second kappa shape index (κ2) is 6.40. The lowest BCUT2D eigenvalue weighted by Gasteiger charge is -2.15. The van der Waals surface area contributed by atoms with E-state index in [0.29, 0.717) is 15.5 Å². The first-order chi connectivity index (χ1) is 11.1. The predicted octanol–water partition coefficient (Wildman–Crippen LogP) is 3.51. The average molecular weight is 345 g/mol. The smallest absolute Gasteiger partial charge is 0.263 e. The van der Waals surface area contributed by atoms with Crippen LogP contribution in [0.2, 0.25) is 5.02 Å². The summed E-state index contributed by atoms with van der Waals surface area (Å²) in [6.45, 7) is 0. The number of benzene rings is 2. The van der Waals surface area contributed by atoms with E-state index in [1.807, 2.05) is 30.3 Å². The van der Waals surface area contributed by atoms with Gasteiger partial charge >= 0.3 is 0 Å². The SMILES string of the molecule is NC(=O)[C@@H](NC(=O)c1sc2ccccc2c1Cl)c1ccccc1. The van der Waals surface area contributed by atoms with Gasteiger partial charge < -0.3 is 11.1 Å². The largest absolute Gasteiger partial charge is 0.368 e. The van der Waals surface area contributed by atoms with Gasteiger partial charge in [-0.1, -0.05) is 60.1 Å². The molecule has 23 heavy (non-hydrogen) atoms. The van der Waals surface area contributed by atoms with E-state index < -0.39 is 17.9 Å². The van der Waals surface area contributed by atoms with Crippen molar-refractivity contribution in [1.29, 1.82) is 0 Å². The highest BCUT2D eigenvalue weighted by Crippen LogP contribution is 2.35. The van der Waals surface area contributed by atoms with Crippen molar-refractivity contribution < 1.29 is 9.59 Å². The molecule has 0 spiro atoms. The van der Waals surface area contributed by atoms with Crippen LogP contribution in [0.5, 0.6) is 0 Å². The summed E-state index contributed by atoms with van der Waals surface area (Å²) in [6, 6.07) is 15.5. The van der Waals surface area contributed by atoms with Crippen molar-refractivity contribution in [2.24, 2.45) is 5.73 Å². The van der Waals surface area contributed by atoms with Gasteiger partial charge in [-0.15, -0.1) is 11.3 Å². The third-order valence-electron chi connectivity index (χ3n) is 3.43. The highest BCUT2D eigenvalue weighted by Gasteiger charge is 2.24. The van der Waals surface area contributed by atoms with Crippen LogP contribution in [-0.2, 0) is 4.79 Å². The van der Waals surface area contributed by atoms with Gasteiger partial charge in [-0.3, -0.25) is 9.59 Å². The Balaban J connectivity index is 1.92. The van der Waals surface area contributed by atoms with Crippen LogP contribution in [0.3, 0.4) is 0 Å². The lowest BCUT2D eigenvalue weighted by molar-refractivity contribution is -0.120. The normalized spacial score (nSPS) is 12.0. The minimum absolute atomic E-state index is 0.370. The first-order valence-corrected chi connectivity index (χ1v) is 8.09. The topological polar surface area (TPSA) is 72.2 Å². The molecule has 0 aliphatic carbocycles. The summed E-state index contributed by atoms with van der Waals surface area (Å²) in [5.41, 5.74) is 6.06. The van der Waals surface area contributed by atoms with E-state index in [1.54, 1.807) is 24.3 Å². The first-order valence-electron chi connectivity index (χ1n) is 6.90. The molecule has 0 aliphatic rings. The second-order valence-electron chi connectivity index (χ2n) is 4.96. The molecule has 0 saturated heterocycles. The molecule has 3 N–H and O–H groups in total. The minimum atomic E-state index is -0.898. The molecule has 2 aromatic carbocycles. The van der Waals surface area contributed by atoms with E-state index >= 15 is 0 Å². The van der Waals surface area contributed by atoms with Gasteiger partial charge in [-0.25, -0.2) is 0 Å². The molecule has 3 rings (SSSR count). The zero-order chi connectivity index (χ0) is 16.4. The number of rotatable bonds is 4. The Hall–Kier alpha value is -2.37. The van der Waals surface area contributed by atoms with Gasteiger partial charge in [0.05, 0.1) is 5.02 Å². The number of carbonyl (C=O) groups is 2. The summed E-state index contributed by atoms with van der Waals surface area (Å²) in [6.07, 6.45) is 0. The summed E-state index contributed by atoms with van der Waals surface area (Å²) in [5.74, 6) is -1.04. The Morgan fingerprint density at radius 2 is 1.70 bits per heavy atom. The molecule has 4 nitrogen and oxygen atoms in total. The fourth-order valence-electron chi connectivity index (χ4n) is 2.32. The number of fused-ring (bicyclic) bond motifs is 1. The summed E-state index contributed by atoms with van der Waals surface area (Å²) in [7, 11) is 0. The Labute approximate surface area is 141 Å². The number of thiophene rings is 1. The molecule has 1 atom stereocenters. The van der Waals surface area contributed by atoms with E-state index in [9.17, 15) is 9.59 Å². The van der Waals surface area contributed by atoms with Crippen molar-refractivity contribution in [3.8, 4) is 0 Å². The molecular formula is C17H13ClN2O2S. The summed E-state index contributed by atoms with van der Waals surface area (Å²) in [4.78, 5) is 24.6. The number of hydrogen-bond acceptors (Lipinski definition) is 3. The van der Waals surface area contributed by atoms with Gasteiger partial charge in [0.2, 0.25) is 5.91 Å². The molecule has 3 aromatic rings. The van der Waals surface area contributed by atoms with Gasteiger partial charge in [0.25, 0.3) is 5.91 Å². The fourth-order valence-corrected chi connectivity index (χ4v) is 3.74. The van der Waals surface area contributed by atoms with E-state index in [0.717, 1.165) is 10.1 Å². The van der Waals surface area contributed by atoms with Crippen molar-refractivity contribution in [2.45, 2.75) is 6.04 Å². The number of nitrogens with two attached hydrogens (primary N) is 1. The number of amides is 2. The predicted molar refractivity (Wildman–Crippen MR) is 92.7 cm³/mol. The average Bonchev–Trinajstić information content (AvgIpc) is 2.90. The fraction of sp³-hybridized carbons (Fsp3) is 0.0588. The van der Waals surface area contributed by atoms with Crippen molar-refractivity contribution in [3.63, 3.8) is 0 Å². The van der Waals surface area contributed by atoms with Crippen LogP contribution in [0.4, 0.5) is 0 Å². The molecule has 0 unspecified atom stereocenters. The lowest BCUT2D eigenvalue weighted by Crippen LogP contribution is -2.37. The van der Waals surface area contributed by atoms with Gasteiger partial charge in [0, 0.05) is 10.1 Å². The zero-order valence-electron chi connectivity index (χ0n) is 12.0. The van der Waals surface area contributed by atoms with Crippen molar-refractivity contribution in [1.82, 2.24) is 5.32 Å². The molecular weight excluding hydrogens is 332 g/mol. The molecule has 1 heterocycles. The quantitative estimate of drug-likeness (QED) is 0.760. The molecule has 2 amide bonds. The summed E-state index contributed by atoms with van der Waals surface area (Å²) in [5, 5.41) is 3.87. The second-order valence-corrected chi connectivity index (χ2v) is 6.39. The Morgan fingerprint density at radius 1 is 1.04 bits per heavy atom. The highest BCUT2D eigenvalue weighted by atomic mass is 35.5. The van der Waals surface area contributed by atoms with Crippen molar-refractivity contribution >= 4 is 44.8 Å². The summed E-state index contributed by atoms with van der Waals surface area (Å²) < 4.78 is 0.915. The third kappa shape index (κ3) is 3.06. The molecule has 0 bridgehead atoms. The van der Waals surface area contributed by atoms with Crippen LogP contribution in [-0.4, -0.2) is 11.8 Å². The molecule has 1 aromatic heterocycles. The van der Waals surface area contributed by atoms with E-state index in [2.05, 4.69) is 5.32 Å². The summed E-state index contributed by atoms with van der Waals surface area (Å²) >= 11 is 7.58. The molecule has 6 heteroatoms. The standard InChI is InChI=1S/C17H13ClN2O2S/c18-13-11-8-4-5-9-12(11)23-15(13)17(22)20-14(16(19)21)10-6-2-1-3-7-10/h1-9,14H,(H2,19,21)(H,20,22)/t14-/m0/s1. The van der Waals surface area contributed by atoms with Gasteiger partial charge in [0.1, 0.15) is 10.9 Å². The monoisotopic (exact) mass is 344 g/mol. The van der Waals surface area contributed by atoms with Crippen LogP contribution >= 0.6 is 22.9 Å². The van der Waals surface area contributed by atoms with E-state index in [-0.39, 0.29) is 0 Å². The number of halogens is 1. The van der Waals surface area contributed by atoms with Crippen LogP contribution in [0.25, 0.3) is 10.1 Å². The van der Waals surface area contributed by atoms with Crippen LogP contribution < -0.4 is 11.1 Å². The maximum Gasteiger partial charge on any atom is 0.263 e. The zero-order valence-corrected chi connectivity index (χ0v) is 13.5. The molecule has 116 valence electrons. The van der Waals surface area contributed by atoms with Crippen LogP contribution in [0.1, 0.15) is 21.3 Å². The van der Waals surface area contributed by atoms with Gasteiger partial charge in [-0.2, -0.15) is 0 Å². The van der Waals surface area contributed by atoms with Crippen LogP contribution in [0.15, 0.2) is 54.6 Å². The van der Waals surface area contributed by atoms with Crippen LogP contribution in [0, 0.1) is 0 Å². The minimum Gasteiger partial charge on any atom is -0.368 e. The third-order valence-corrected chi connectivity index (χ3v) is 5.11. The number of carbonyl (C=O) groups excluding carboxylic acids is 2. The number of nitrogens with one attached hydrogen (secondary N) is 1. The molecule has 0 aliphatic heterocycles. The van der Waals surface area contributed by atoms with Gasteiger partial charge in [-0.05, 0) is 11.6 Å². The number of primary amides is 1. The van der Waals surface area contributed by atoms with Crippen molar-refractivity contribution in [3.05, 3.63) is 70.1 Å². The van der Waals surface area contributed by atoms with E-state index in [1.165, 1.54) is 11.3 Å². The van der Waals surface area contributed by atoms with Crippen molar-refractivity contribution in [2.75, 3.05) is 0 Å². The maximum atomic E-state index is 12.5. The Morgan fingerprint density at radius 3 is 2.35 bits per heavy atom. The van der Waals surface area contributed by atoms with E-state index in [4.69, 9.17) is 17.3 Å². The number of hydrogen-bond donors (Lipinski definition) is 2. The first kappa shape index (κ1) is 15.5. The highest BCUT2D eigenvalue weighted by molar-refractivity contribution is 7.21. The Bertz CT molecular complexity index is 877. The van der Waals surface area contributed by atoms with Gasteiger partial charge in [0.15, 0.2) is 0 Å². The molecule has 0 fully saturated rings. The Kier molecular flexibility index (Phi) is 4.32. The lowest BCUT2D eigenvalue weighted by atomic mass is 10.1. The maximum absolute atomic E-state index is 12.5. The molecule has 0 radical (unpaired) electrons.